The molecule has 10 heteroatoms. The molecule has 4 saturated carbocycles. The van der Waals surface area contributed by atoms with E-state index in [2.05, 4.69) is 4.90 Å². The molecule has 6 aliphatic rings. The number of hydrogen-bond donors (Lipinski definition) is 0. The Morgan fingerprint density at radius 1 is 0.975 bits per heavy atom. The van der Waals surface area contributed by atoms with E-state index in [4.69, 9.17) is 14.2 Å². The molecule has 0 N–H and O–H groups in total. The van der Waals surface area contributed by atoms with Crippen LogP contribution in [0.4, 0.5) is 0 Å². The number of aryl methyl sites for hydroxylation is 2. The summed E-state index contributed by atoms with van der Waals surface area (Å²) in [6, 6.07) is 3.00. The van der Waals surface area contributed by atoms with Gasteiger partial charge in [-0.05, 0) is 93.4 Å². The molecule has 1 aromatic carbocycles. The van der Waals surface area contributed by atoms with Crippen LogP contribution in [0.3, 0.4) is 0 Å². The Morgan fingerprint density at radius 2 is 1.57 bits per heavy atom. The third-order valence-corrected chi connectivity index (χ3v) is 12.5. The number of amides is 1. The van der Waals surface area contributed by atoms with Crippen molar-refractivity contribution in [1.29, 1.82) is 0 Å². The molecule has 2 aliphatic heterocycles. The third kappa shape index (κ3) is 5.30. The van der Waals surface area contributed by atoms with Crippen molar-refractivity contribution in [3.63, 3.8) is 0 Å². The summed E-state index contributed by atoms with van der Waals surface area (Å²) >= 11 is 0. The Labute approximate surface area is 239 Å². The fraction of sp³-hybridized carbons (Fsp3) is 0.767. The number of hydrogen-bond acceptors (Lipinski definition) is 7. The number of nitrogens with zero attached hydrogens (tertiary/aromatic N) is 3. The molecule has 0 radical (unpaired) electrons. The number of morpholine rings is 1. The molecule has 6 fully saturated rings. The SMILES string of the molecule is COc1cc(C)c(S(=O)(=O)N2CCOC[C@H]2COCC(=O)N2CCN(C34CC5CC(CC(C5)C3)C4)CC2)c(C)c1. The Bertz CT molecular complexity index is 1150. The summed E-state index contributed by atoms with van der Waals surface area (Å²) in [6.45, 7) is 7.85. The van der Waals surface area contributed by atoms with Gasteiger partial charge in [0.25, 0.3) is 0 Å². The van der Waals surface area contributed by atoms with Crippen LogP contribution >= 0.6 is 0 Å². The van der Waals surface area contributed by atoms with Crippen LogP contribution < -0.4 is 4.74 Å². The van der Waals surface area contributed by atoms with Gasteiger partial charge in [-0.15, -0.1) is 0 Å². The Hall–Kier alpha value is -1.72. The fourth-order valence-corrected chi connectivity index (χ4v) is 10.9. The first-order chi connectivity index (χ1) is 19.2. The molecule has 0 spiro atoms. The van der Waals surface area contributed by atoms with E-state index in [-0.39, 0.29) is 32.3 Å². The third-order valence-electron chi connectivity index (χ3n) is 10.3. The summed E-state index contributed by atoms with van der Waals surface area (Å²) in [5.74, 6) is 3.38. The molecule has 40 heavy (non-hydrogen) atoms. The van der Waals surface area contributed by atoms with Gasteiger partial charge in [-0.25, -0.2) is 8.42 Å². The van der Waals surface area contributed by atoms with Gasteiger partial charge in [-0.3, -0.25) is 9.69 Å². The van der Waals surface area contributed by atoms with Crippen molar-refractivity contribution in [1.82, 2.24) is 14.1 Å². The number of rotatable bonds is 8. The van der Waals surface area contributed by atoms with Crippen LogP contribution in [0, 0.1) is 31.6 Å². The lowest BCUT2D eigenvalue weighted by atomic mass is 9.52. The minimum atomic E-state index is -3.78. The van der Waals surface area contributed by atoms with Crippen LogP contribution in [0.25, 0.3) is 0 Å². The van der Waals surface area contributed by atoms with Crippen molar-refractivity contribution in [2.24, 2.45) is 17.8 Å². The number of carbonyl (C=O) groups is 1. The predicted molar refractivity (Wildman–Crippen MR) is 151 cm³/mol. The number of piperazine rings is 1. The minimum Gasteiger partial charge on any atom is -0.497 e. The standard InChI is InChI=1S/C30H45N3O6S/c1-21-10-27(37-3)11-22(2)29(21)40(35,36)33-8-9-38-18-26(33)19-39-20-28(34)31-4-6-32(7-5-31)30-15-23-12-24(16-30)14-25(13-23)17-30/h10-11,23-26H,4-9,12-20H2,1-3H3/t23?,24?,25?,26-,30?/m0/s1. The van der Waals surface area contributed by atoms with E-state index in [1.807, 2.05) is 4.90 Å². The van der Waals surface area contributed by atoms with E-state index in [1.165, 1.54) is 42.8 Å². The summed E-state index contributed by atoms with van der Waals surface area (Å²) < 4.78 is 45.7. The van der Waals surface area contributed by atoms with Crippen molar-refractivity contribution in [2.45, 2.75) is 68.8 Å². The van der Waals surface area contributed by atoms with Gasteiger partial charge in [-0.2, -0.15) is 4.31 Å². The molecule has 4 bridgehead atoms. The molecule has 7 rings (SSSR count). The average Bonchev–Trinajstić information content (AvgIpc) is 2.92. The van der Waals surface area contributed by atoms with Crippen molar-refractivity contribution in [3.05, 3.63) is 23.3 Å². The highest BCUT2D eigenvalue weighted by molar-refractivity contribution is 7.89. The van der Waals surface area contributed by atoms with Gasteiger partial charge in [0, 0.05) is 38.3 Å². The summed E-state index contributed by atoms with van der Waals surface area (Å²) in [5, 5.41) is 0. The topological polar surface area (TPSA) is 88.6 Å². The normalized spacial score (nSPS) is 32.9. The molecular weight excluding hydrogens is 530 g/mol. The molecule has 4 aliphatic carbocycles. The van der Waals surface area contributed by atoms with Crippen LogP contribution in [0.2, 0.25) is 0 Å². The lowest BCUT2D eigenvalue weighted by Gasteiger charge is -2.61. The maximum atomic E-state index is 13.7. The molecule has 222 valence electrons. The van der Waals surface area contributed by atoms with Gasteiger partial charge in [0.05, 0.1) is 37.9 Å². The highest BCUT2D eigenvalue weighted by Gasteiger charge is 2.53. The van der Waals surface area contributed by atoms with Crippen LogP contribution in [0.15, 0.2) is 17.0 Å². The number of ether oxygens (including phenoxy) is 3. The first kappa shape index (κ1) is 28.4. The molecular formula is C30H45N3O6S. The quantitative estimate of drug-likeness (QED) is 0.471. The first-order valence-corrected chi connectivity index (χ1v) is 16.5. The molecule has 1 atom stereocenters. The first-order valence-electron chi connectivity index (χ1n) is 15.0. The monoisotopic (exact) mass is 575 g/mol. The predicted octanol–water partition coefficient (Wildman–Crippen LogP) is 2.83. The Kier molecular flexibility index (Phi) is 7.93. The maximum absolute atomic E-state index is 13.7. The smallest absolute Gasteiger partial charge is 0.248 e. The molecule has 1 aromatic rings. The lowest BCUT2D eigenvalue weighted by Crippen LogP contribution is -2.64. The Morgan fingerprint density at radius 3 is 2.15 bits per heavy atom. The molecule has 2 saturated heterocycles. The zero-order chi connectivity index (χ0) is 28.1. The number of carbonyl (C=O) groups excluding carboxylic acids is 1. The number of benzene rings is 1. The summed E-state index contributed by atoms with van der Waals surface area (Å²) in [6.07, 6.45) is 8.40. The molecule has 1 amide bonds. The van der Waals surface area contributed by atoms with Gasteiger partial charge in [0.1, 0.15) is 12.4 Å². The van der Waals surface area contributed by atoms with Crippen molar-refractivity contribution >= 4 is 15.9 Å². The number of methoxy groups -OCH3 is 1. The fourth-order valence-electron chi connectivity index (χ4n) is 8.90. The lowest BCUT2D eigenvalue weighted by molar-refractivity contribution is -0.143. The van der Waals surface area contributed by atoms with E-state index in [0.29, 0.717) is 33.9 Å². The molecule has 0 aromatic heterocycles. The maximum Gasteiger partial charge on any atom is 0.248 e. The Balaban J connectivity index is 1.02. The second-order valence-electron chi connectivity index (χ2n) is 13.0. The van der Waals surface area contributed by atoms with E-state index in [9.17, 15) is 13.2 Å². The largest absolute Gasteiger partial charge is 0.497 e. The van der Waals surface area contributed by atoms with Crippen LogP contribution in [-0.4, -0.2) is 106 Å². The van der Waals surface area contributed by atoms with Crippen LogP contribution in [-0.2, 0) is 24.3 Å². The van der Waals surface area contributed by atoms with Gasteiger partial charge >= 0.3 is 0 Å². The van der Waals surface area contributed by atoms with Gasteiger partial charge in [-0.1, -0.05) is 0 Å². The minimum absolute atomic E-state index is 0.0156. The zero-order valence-corrected chi connectivity index (χ0v) is 25.1. The summed E-state index contributed by atoms with van der Waals surface area (Å²) in [7, 11) is -2.21. The second-order valence-corrected chi connectivity index (χ2v) is 14.8. The highest BCUT2D eigenvalue weighted by Crippen LogP contribution is 2.57. The average molecular weight is 576 g/mol. The van der Waals surface area contributed by atoms with Crippen molar-refractivity contribution in [3.8, 4) is 5.75 Å². The van der Waals surface area contributed by atoms with E-state index in [0.717, 1.165) is 43.9 Å². The number of sulfonamides is 1. The zero-order valence-electron chi connectivity index (χ0n) is 24.3. The molecule has 9 nitrogen and oxygen atoms in total. The van der Waals surface area contributed by atoms with E-state index in [1.54, 1.807) is 33.1 Å². The van der Waals surface area contributed by atoms with Gasteiger partial charge in [0.15, 0.2) is 0 Å². The van der Waals surface area contributed by atoms with Crippen LogP contribution in [0.5, 0.6) is 5.75 Å². The van der Waals surface area contributed by atoms with E-state index >= 15 is 0 Å². The molecule has 0 unspecified atom stereocenters. The van der Waals surface area contributed by atoms with Crippen molar-refractivity contribution < 1.29 is 27.4 Å². The van der Waals surface area contributed by atoms with Gasteiger partial charge < -0.3 is 19.1 Å². The van der Waals surface area contributed by atoms with Crippen LogP contribution in [0.1, 0.15) is 49.7 Å². The van der Waals surface area contributed by atoms with Crippen molar-refractivity contribution in [2.75, 3.05) is 66.3 Å². The summed E-state index contributed by atoms with van der Waals surface area (Å²) in [5.41, 5.74) is 1.67. The van der Waals surface area contributed by atoms with Gasteiger partial charge in [0.2, 0.25) is 15.9 Å². The van der Waals surface area contributed by atoms with E-state index < -0.39 is 16.1 Å². The molecule has 2 heterocycles. The second kappa shape index (κ2) is 11.2. The highest BCUT2D eigenvalue weighted by atomic mass is 32.2. The summed E-state index contributed by atoms with van der Waals surface area (Å²) in [4.78, 5) is 18.0.